The maximum absolute atomic E-state index is 13.2. The Morgan fingerprint density at radius 3 is 3.00 bits per heavy atom. The van der Waals surface area contributed by atoms with Crippen molar-refractivity contribution in [3.05, 3.63) is 35.1 Å². The lowest BCUT2D eigenvalue weighted by atomic mass is 9.79. The number of benzene rings is 1. The third-order valence-electron chi connectivity index (χ3n) is 3.77. The molecule has 0 bridgehead atoms. The molecule has 1 N–H and O–H groups in total. The Bertz CT molecular complexity index is 405. The van der Waals surface area contributed by atoms with Gasteiger partial charge in [0.2, 0.25) is 0 Å². The Kier molecular flexibility index (Phi) is 3.50. The SMILES string of the molecule is Cc1ccc(F)cc1CC1(O)CCOCC1C. The molecule has 0 radical (unpaired) electrons. The lowest BCUT2D eigenvalue weighted by Crippen LogP contribution is -2.45. The van der Waals surface area contributed by atoms with Gasteiger partial charge >= 0.3 is 0 Å². The summed E-state index contributed by atoms with van der Waals surface area (Å²) in [5, 5.41) is 10.6. The molecule has 1 heterocycles. The summed E-state index contributed by atoms with van der Waals surface area (Å²) in [7, 11) is 0. The van der Waals surface area contributed by atoms with E-state index in [0.29, 0.717) is 26.1 Å². The highest BCUT2D eigenvalue weighted by atomic mass is 19.1. The van der Waals surface area contributed by atoms with Crippen LogP contribution in [0, 0.1) is 18.7 Å². The minimum absolute atomic E-state index is 0.0823. The van der Waals surface area contributed by atoms with Crippen molar-refractivity contribution in [3.8, 4) is 0 Å². The van der Waals surface area contributed by atoms with Gasteiger partial charge in [0.1, 0.15) is 5.82 Å². The highest BCUT2D eigenvalue weighted by molar-refractivity contribution is 5.28. The molecule has 1 aromatic rings. The van der Waals surface area contributed by atoms with Crippen LogP contribution < -0.4 is 0 Å². The highest BCUT2D eigenvalue weighted by Crippen LogP contribution is 2.31. The van der Waals surface area contributed by atoms with E-state index in [0.717, 1.165) is 11.1 Å². The third kappa shape index (κ3) is 2.67. The van der Waals surface area contributed by atoms with Crippen LogP contribution in [0.4, 0.5) is 4.39 Å². The average molecular weight is 238 g/mol. The Morgan fingerprint density at radius 2 is 2.29 bits per heavy atom. The van der Waals surface area contributed by atoms with Crippen LogP contribution in [0.25, 0.3) is 0 Å². The van der Waals surface area contributed by atoms with Crippen LogP contribution in [0.15, 0.2) is 18.2 Å². The third-order valence-corrected chi connectivity index (χ3v) is 3.77. The van der Waals surface area contributed by atoms with E-state index in [1.54, 1.807) is 6.07 Å². The smallest absolute Gasteiger partial charge is 0.123 e. The van der Waals surface area contributed by atoms with Crippen molar-refractivity contribution < 1.29 is 14.2 Å². The maximum atomic E-state index is 13.2. The second kappa shape index (κ2) is 4.75. The molecular formula is C14H19FO2. The van der Waals surface area contributed by atoms with Crippen molar-refractivity contribution in [2.75, 3.05) is 13.2 Å². The minimum atomic E-state index is -0.767. The van der Waals surface area contributed by atoms with E-state index >= 15 is 0 Å². The van der Waals surface area contributed by atoms with Gasteiger partial charge in [-0.2, -0.15) is 0 Å². The monoisotopic (exact) mass is 238 g/mol. The zero-order valence-electron chi connectivity index (χ0n) is 10.4. The molecule has 1 fully saturated rings. The molecule has 1 saturated heterocycles. The zero-order chi connectivity index (χ0) is 12.5. The molecule has 0 spiro atoms. The molecule has 2 atom stereocenters. The summed E-state index contributed by atoms with van der Waals surface area (Å²) < 4.78 is 18.6. The van der Waals surface area contributed by atoms with Gasteiger partial charge in [0, 0.05) is 25.4 Å². The number of hydrogen-bond donors (Lipinski definition) is 1. The van der Waals surface area contributed by atoms with Crippen molar-refractivity contribution >= 4 is 0 Å². The normalized spacial score (nSPS) is 29.3. The van der Waals surface area contributed by atoms with Crippen molar-refractivity contribution in [1.82, 2.24) is 0 Å². The van der Waals surface area contributed by atoms with Gasteiger partial charge in [0.25, 0.3) is 0 Å². The molecule has 17 heavy (non-hydrogen) atoms. The van der Waals surface area contributed by atoms with E-state index in [9.17, 15) is 9.50 Å². The Balaban J connectivity index is 2.21. The Hall–Kier alpha value is -0.930. The van der Waals surface area contributed by atoms with Crippen molar-refractivity contribution in [2.45, 2.75) is 32.3 Å². The van der Waals surface area contributed by atoms with Crippen molar-refractivity contribution in [2.24, 2.45) is 5.92 Å². The molecule has 3 heteroatoms. The predicted octanol–water partition coefficient (Wildman–Crippen LogP) is 2.46. The molecule has 94 valence electrons. The van der Waals surface area contributed by atoms with Gasteiger partial charge in [-0.1, -0.05) is 13.0 Å². The van der Waals surface area contributed by atoms with Gasteiger partial charge in [-0.15, -0.1) is 0 Å². The number of halogens is 1. The fourth-order valence-electron chi connectivity index (χ4n) is 2.33. The first-order valence-electron chi connectivity index (χ1n) is 6.06. The van der Waals surface area contributed by atoms with Crippen LogP contribution in [-0.2, 0) is 11.2 Å². The summed E-state index contributed by atoms with van der Waals surface area (Å²) in [4.78, 5) is 0. The van der Waals surface area contributed by atoms with Gasteiger partial charge in [-0.05, 0) is 30.2 Å². The van der Waals surface area contributed by atoms with Crippen LogP contribution in [0.2, 0.25) is 0 Å². The first-order valence-corrected chi connectivity index (χ1v) is 6.06. The molecule has 1 aliphatic rings. The van der Waals surface area contributed by atoms with Gasteiger partial charge in [-0.25, -0.2) is 4.39 Å². The molecule has 2 unspecified atom stereocenters. The van der Waals surface area contributed by atoms with E-state index < -0.39 is 5.60 Å². The van der Waals surface area contributed by atoms with E-state index in [-0.39, 0.29) is 11.7 Å². The fraction of sp³-hybridized carbons (Fsp3) is 0.571. The predicted molar refractivity (Wildman–Crippen MR) is 64.4 cm³/mol. The van der Waals surface area contributed by atoms with Gasteiger partial charge in [-0.3, -0.25) is 0 Å². The number of aliphatic hydroxyl groups is 1. The summed E-state index contributed by atoms with van der Waals surface area (Å²) in [5.41, 5.74) is 1.15. The molecule has 2 rings (SSSR count). The zero-order valence-corrected chi connectivity index (χ0v) is 10.4. The molecule has 0 saturated carbocycles. The molecular weight excluding hydrogens is 219 g/mol. The fourth-order valence-corrected chi connectivity index (χ4v) is 2.33. The van der Waals surface area contributed by atoms with Crippen LogP contribution in [0.5, 0.6) is 0 Å². The minimum Gasteiger partial charge on any atom is -0.389 e. The van der Waals surface area contributed by atoms with Crippen molar-refractivity contribution in [1.29, 1.82) is 0 Å². The lowest BCUT2D eigenvalue weighted by molar-refractivity contribution is -0.105. The highest BCUT2D eigenvalue weighted by Gasteiger charge is 2.37. The second-order valence-electron chi connectivity index (χ2n) is 5.08. The first kappa shape index (κ1) is 12.5. The second-order valence-corrected chi connectivity index (χ2v) is 5.08. The Labute approximate surface area is 101 Å². The van der Waals surface area contributed by atoms with Crippen molar-refractivity contribution in [3.63, 3.8) is 0 Å². The molecule has 1 aromatic carbocycles. The largest absolute Gasteiger partial charge is 0.389 e. The summed E-state index contributed by atoms with van der Waals surface area (Å²) >= 11 is 0. The van der Waals surface area contributed by atoms with Gasteiger partial charge < -0.3 is 9.84 Å². The van der Waals surface area contributed by atoms with E-state index in [4.69, 9.17) is 4.74 Å². The van der Waals surface area contributed by atoms with Crippen LogP contribution in [-0.4, -0.2) is 23.9 Å². The Morgan fingerprint density at radius 1 is 1.53 bits per heavy atom. The number of hydrogen-bond acceptors (Lipinski definition) is 2. The summed E-state index contributed by atoms with van der Waals surface area (Å²) in [6.07, 6.45) is 1.12. The molecule has 2 nitrogen and oxygen atoms in total. The van der Waals surface area contributed by atoms with E-state index in [2.05, 4.69) is 0 Å². The number of aryl methyl sites for hydroxylation is 1. The summed E-state index contributed by atoms with van der Waals surface area (Å²) in [6.45, 7) is 5.08. The van der Waals surface area contributed by atoms with Crippen LogP contribution in [0.1, 0.15) is 24.5 Å². The molecule has 1 aliphatic heterocycles. The van der Waals surface area contributed by atoms with Gasteiger partial charge in [0.05, 0.1) is 12.2 Å². The van der Waals surface area contributed by atoms with Crippen LogP contribution in [0.3, 0.4) is 0 Å². The van der Waals surface area contributed by atoms with E-state index in [1.165, 1.54) is 12.1 Å². The van der Waals surface area contributed by atoms with Gasteiger partial charge in [0.15, 0.2) is 0 Å². The lowest BCUT2D eigenvalue weighted by Gasteiger charge is -2.38. The standard InChI is InChI=1S/C14H19FO2/c1-10-3-4-13(15)7-12(10)8-14(16)5-6-17-9-11(14)2/h3-4,7,11,16H,5-6,8-9H2,1-2H3. The van der Waals surface area contributed by atoms with E-state index in [1.807, 2.05) is 13.8 Å². The summed E-state index contributed by atoms with van der Waals surface area (Å²) in [6, 6.07) is 4.74. The number of rotatable bonds is 2. The van der Waals surface area contributed by atoms with Crippen LogP contribution >= 0.6 is 0 Å². The topological polar surface area (TPSA) is 29.5 Å². The quantitative estimate of drug-likeness (QED) is 0.857. The molecule has 0 amide bonds. The number of ether oxygens (including phenoxy) is 1. The molecule has 0 aromatic heterocycles. The first-order chi connectivity index (χ1) is 8.01. The maximum Gasteiger partial charge on any atom is 0.123 e. The summed E-state index contributed by atoms with van der Waals surface area (Å²) in [5.74, 6) is -0.159. The average Bonchev–Trinajstić information content (AvgIpc) is 2.28. The molecule has 0 aliphatic carbocycles.